The van der Waals surface area contributed by atoms with E-state index in [1.807, 2.05) is 41.8 Å². The molecular formula is C20H17F2N3O2. The van der Waals surface area contributed by atoms with E-state index >= 15 is 0 Å². The lowest BCUT2D eigenvalue weighted by Crippen LogP contribution is -2.42. The summed E-state index contributed by atoms with van der Waals surface area (Å²) in [5.41, 5.74) is 6.63. The second kappa shape index (κ2) is 7.41. The van der Waals surface area contributed by atoms with Crippen LogP contribution in [0.1, 0.15) is 32.1 Å². The van der Waals surface area contributed by atoms with Crippen LogP contribution in [0.2, 0.25) is 0 Å². The molecule has 0 atom stereocenters. The van der Waals surface area contributed by atoms with Gasteiger partial charge >= 0.3 is 0 Å². The van der Waals surface area contributed by atoms with Gasteiger partial charge in [0, 0.05) is 17.1 Å². The number of halogens is 2. The van der Waals surface area contributed by atoms with Crippen molar-refractivity contribution in [2.75, 3.05) is 0 Å². The molecule has 5 nitrogen and oxygen atoms in total. The first-order valence-electron chi connectivity index (χ1n) is 8.19. The van der Waals surface area contributed by atoms with E-state index in [1.165, 1.54) is 6.07 Å². The van der Waals surface area contributed by atoms with E-state index in [0.29, 0.717) is 11.3 Å². The van der Waals surface area contributed by atoms with Crippen LogP contribution in [0.15, 0.2) is 54.6 Å². The highest BCUT2D eigenvalue weighted by Gasteiger charge is 2.19. The molecule has 0 saturated carbocycles. The fraction of sp³-hybridized carbons (Fsp3) is 0.100. The highest BCUT2D eigenvalue weighted by Crippen LogP contribution is 2.20. The summed E-state index contributed by atoms with van der Waals surface area (Å²) in [6.45, 7) is 3.64. The number of para-hydroxylation sites is 1. The van der Waals surface area contributed by atoms with Gasteiger partial charge in [0.2, 0.25) is 0 Å². The third kappa shape index (κ3) is 3.57. The maximum Gasteiger partial charge on any atom is 0.272 e. The van der Waals surface area contributed by atoms with Crippen molar-refractivity contribution in [1.29, 1.82) is 0 Å². The number of rotatable bonds is 3. The molecule has 0 bridgehead atoms. The molecule has 0 spiro atoms. The Hall–Kier alpha value is -3.48. The number of hydrazine groups is 1. The van der Waals surface area contributed by atoms with Crippen LogP contribution < -0.4 is 10.9 Å². The topological polar surface area (TPSA) is 63.1 Å². The Balaban J connectivity index is 1.78. The average molecular weight is 369 g/mol. The first kappa shape index (κ1) is 18.3. The minimum absolute atomic E-state index is 0.358. The summed E-state index contributed by atoms with van der Waals surface area (Å²) in [5.74, 6) is -3.92. The fourth-order valence-electron chi connectivity index (χ4n) is 2.89. The molecule has 0 fully saturated rings. The highest BCUT2D eigenvalue weighted by atomic mass is 19.2. The van der Waals surface area contributed by atoms with Crippen molar-refractivity contribution in [2.24, 2.45) is 0 Å². The Morgan fingerprint density at radius 2 is 1.48 bits per heavy atom. The third-order valence-corrected chi connectivity index (χ3v) is 4.18. The number of carbonyl (C=O) groups excluding carboxylic acids is 2. The SMILES string of the molecule is Cc1cc(C(=O)NNC(=O)c2cccc(F)c2F)c(C)n1-c1ccccc1. The van der Waals surface area contributed by atoms with Crippen LogP contribution in [-0.2, 0) is 0 Å². The molecule has 0 radical (unpaired) electrons. The van der Waals surface area contributed by atoms with Crippen LogP contribution in [0.3, 0.4) is 0 Å². The van der Waals surface area contributed by atoms with Gasteiger partial charge in [-0.15, -0.1) is 0 Å². The van der Waals surface area contributed by atoms with E-state index in [9.17, 15) is 18.4 Å². The molecule has 0 aliphatic carbocycles. The van der Waals surface area contributed by atoms with E-state index < -0.39 is 29.0 Å². The number of amides is 2. The molecule has 0 aliphatic heterocycles. The lowest BCUT2D eigenvalue weighted by Gasteiger charge is -2.10. The van der Waals surface area contributed by atoms with Gasteiger partial charge in [-0.25, -0.2) is 8.78 Å². The first-order valence-corrected chi connectivity index (χ1v) is 8.19. The normalized spacial score (nSPS) is 10.5. The molecule has 2 amide bonds. The van der Waals surface area contributed by atoms with E-state index in [0.717, 1.165) is 23.5 Å². The van der Waals surface area contributed by atoms with Gasteiger partial charge < -0.3 is 4.57 Å². The van der Waals surface area contributed by atoms with E-state index in [-0.39, 0.29) is 0 Å². The van der Waals surface area contributed by atoms with Gasteiger partial charge in [-0.1, -0.05) is 24.3 Å². The average Bonchev–Trinajstić information content (AvgIpc) is 2.96. The zero-order valence-corrected chi connectivity index (χ0v) is 14.7. The summed E-state index contributed by atoms with van der Waals surface area (Å²) in [6, 6.07) is 14.4. The van der Waals surface area contributed by atoms with Crippen molar-refractivity contribution in [3.63, 3.8) is 0 Å². The minimum atomic E-state index is -1.27. The first-order chi connectivity index (χ1) is 12.9. The lowest BCUT2D eigenvalue weighted by atomic mass is 10.2. The van der Waals surface area contributed by atoms with Crippen LogP contribution in [-0.4, -0.2) is 16.4 Å². The van der Waals surface area contributed by atoms with Gasteiger partial charge in [-0.2, -0.15) is 0 Å². The van der Waals surface area contributed by atoms with Crippen LogP contribution in [0.25, 0.3) is 5.69 Å². The number of nitrogens with one attached hydrogen (secondary N) is 2. The summed E-state index contributed by atoms with van der Waals surface area (Å²) in [6.07, 6.45) is 0. The number of aryl methyl sites for hydroxylation is 1. The van der Waals surface area contributed by atoms with E-state index in [1.54, 1.807) is 13.0 Å². The molecule has 27 heavy (non-hydrogen) atoms. The molecule has 3 aromatic rings. The van der Waals surface area contributed by atoms with Gasteiger partial charge in [-0.3, -0.25) is 20.4 Å². The van der Waals surface area contributed by atoms with Gasteiger partial charge in [0.15, 0.2) is 11.6 Å². The van der Waals surface area contributed by atoms with Crippen LogP contribution in [0.4, 0.5) is 8.78 Å². The molecular weight excluding hydrogens is 352 g/mol. The third-order valence-electron chi connectivity index (χ3n) is 4.18. The van der Waals surface area contributed by atoms with Crippen molar-refractivity contribution < 1.29 is 18.4 Å². The van der Waals surface area contributed by atoms with Crippen LogP contribution in [0.5, 0.6) is 0 Å². The lowest BCUT2D eigenvalue weighted by molar-refractivity contribution is 0.0843. The van der Waals surface area contributed by atoms with E-state index in [2.05, 4.69) is 10.9 Å². The number of hydrogen-bond acceptors (Lipinski definition) is 2. The second-order valence-electron chi connectivity index (χ2n) is 5.97. The number of aromatic nitrogens is 1. The Bertz CT molecular complexity index is 1010. The number of carbonyl (C=O) groups is 2. The van der Waals surface area contributed by atoms with Gasteiger partial charge in [-0.05, 0) is 44.2 Å². The standard InChI is InChI=1S/C20H17F2N3O2/c1-12-11-16(13(2)25(12)14-7-4-3-5-8-14)20(27)24-23-19(26)15-9-6-10-17(21)18(15)22/h3-11H,1-2H3,(H,23,26)(H,24,27). The van der Waals surface area contributed by atoms with Gasteiger partial charge in [0.1, 0.15) is 0 Å². The van der Waals surface area contributed by atoms with E-state index in [4.69, 9.17) is 0 Å². The maximum absolute atomic E-state index is 13.7. The Kier molecular flexibility index (Phi) is 5.03. The van der Waals surface area contributed by atoms with Crippen LogP contribution >= 0.6 is 0 Å². The monoisotopic (exact) mass is 369 g/mol. The predicted molar refractivity (Wildman–Crippen MR) is 96.5 cm³/mol. The quantitative estimate of drug-likeness (QED) is 0.695. The Morgan fingerprint density at radius 1 is 0.852 bits per heavy atom. The maximum atomic E-state index is 13.7. The fourth-order valence-corrected chi connectivity index (χ4v) is 2.89. The van der Waals surface area contributed by atoms with Gasteiger partial charge in [0.05, 0.1) is 11.1 Å². The van der Waals surface area contributed by atoms with Crippen molar-refractivity contribution in [3.05, 3.63) is 88.7 Å². The Labute approximate surface area is 154 Å². The molecule has 2 N–H and O–H groups in total. The zero-order valence-electron chi connectivity index (χ0n) is 14.7. The molecule has 2 aromatic carbocycles. The van der Waals surface area contributed by atoms with Crippen molar-refractivity contribution in [1.82, 2.24) is 15.4 Å². The molecule has 0 aliphatic rings. The van der Waals surface area contributed by atoms with Crippen molar-refractivity contribution >= 4 is 11.8 Å². The summed E-state index contributed by atoms with van der Waals surface area (Å²) < 4.78 is 28.8. The van der Waals surface area contributed by atoms with Gasteiger partial charge in [0.25, 0.3) is 11.8 Å². The summed E-state index contributed by atoms with van der Waals surface area (Å²) in [4.78, 5) is 24.4. The van der Waals surface area contributed by atoms with Crippen molar-refractivity contribution in [2.45, 2.75) is 13.8 Å². The largest absolute Gasteiger partial charge is 0.318 e. The molecule has 3 rings (SSSR count). The number of benzene rings is 2. The smallest absolute Gasteiger partial charge is 0.272 e. The molecule has 1 aromatic heterocycles. The molecule has 7 heteroatoms. The second-order valence-corrected chi connectivity index (χ2v) is 5.97. The molecule has 138 valence electrons. The number of nitrogens with zero attached hydrogens (tertiary/aromatic N) is 1. The predicted octanol–water partition coefficient (Wildman–Crippen LogP) is 3.45. The summed E-state index contributed by atoms with van der Waals surface area (Å²) in [5, 5.41) is 0. The Morgan fingerprint density at radius 3 is 2.15 bits per heavy atom. The summed E-state index contributed by atoms with van der Waals surface area (Å²) in [7, 11) is 0. The van der Waals surface area contributed by atoms with Crippen molar-refractivity contribution in [3.8, 4) is 5.69 Å². The molecule has 1 heterocycles. The molecule has 0 saturated heterocycles. The number of hydrogen-bond donors (Lipinski definition) is 2. The zero-order chi connectivity index (χ0) is 19.6. The minimum Gasteiger partial charge on any atom is -0.318 e. The van der Waals surface area contributed by atoms with Crippen LogP contribution in [0, 0.1) is 25.5 Å². The summed E-state index contributed by atoms with van der Waals surface area (Å²) >= 11 is 0. The molecule has 0 unspecified atom stereocenters. The highest BCUT2D eigenvalue weighted by molar-refractivity contribution is 6.00.